The van der Waals surface area contributed by atoms with E-state index in [2.05, 4.69) is 5.32 Å². The number of amides is 1. The van der Waals surface area contributed by atoms with Gasteiger partial charge in [0.25, 0.3) is 15.0 Å². The molecule has 0 aliphatic heterocycles. The van der Waals surface area contributed by atoms with Crippen molar-refractivity contribution in [3.8, 4) is 0 Å². The van der Waals surface area contributed by atoms with E-state index in [1.165, 1.54) is 24.3 Å². The highest BCUT2D eigenvalue weighted by atomic mass is 35.7. The standard InChI is InChI=1S/C13H18ClNO3S/c1-4-12(9(2)3)15-13(16)10-5-7-11(8-6-10)19(14,17)18/h5-9,12H,4H2,1-3H3,(H,15,16). The number of benzene rings is 1. The van der Waals surface area contributed by atoms with Crippen LogP contribution >= 0.6 is 10.7 Å². The van der Waals surface area contributed by atoms with E-state index < -0.39 is 9.05 Å². The summed E-state index contributed by atoms with van der Waals surface area (Å²) in [5, 5.41) is 2.92. The summed E-state index contributed by atoms with van der Waals surface area (Å²) in [5.41, 5.74) is 0.420. The molecule has 106 valence electrons. The van der Waals surface area contributed by atoms with Crippen LogP contribution in [0.5, 0.6) is 0 Å². The topological polar surface area (TPSA) is 63.2 Å². The van der Waals surface area contributed by atoms with Crippen LogP contribution in [0.1, 0.15) is 37.6 Å². The largest absolute Gasteiger partial charge is 0.349 e. The second kappa shape index (κ2) is 6.39. The third-order valence-electron chi connectivity index (χ3n) is 2.96. The van der Waals surface area contributed by atoms with Gasteiger partial charge in [0.05, 0.1) is 4.90 Å². The highest BCUT2D eigenvalue weighted by molar-refractivity contribution is 8.13. The van der Waals surface area contributed by atoms with Gasteiger partial charge in [-0.2, -0.15) is 0 Å². The fraction of sp³-hybridized carbons (Fsp3) is 0.462. The number of carbonyl (C=O) groups is 1. The normalized spacial score (nSPS) is 13.3. The van der Waals surface area contributed by atoms with Crippen LogP contribution < -0.4 is 5.32 Å². The van der Waals surface area contributed by atoms with Crippen LogP contribution in [0.2, 0.25) is 0 Å². The second-order valence-electron chi connectivity index (χ2n) is 4.69. The van der Waals surface area contributed by atoms with Crippen LogP contribution in [0.15, 0.2) is 29.2 Å². The van der Waals surface area contributed by atoms with Gasteiger partial charge in [-0.3, -0.25) is 4.79 Å². The van der Waals surface area contributed by atoms with Gasteiger partial charge in [0.15, 0.2) is 0 Å². The predicted octanol–water partition coefficient (Wildman–Crippen LogP) is 2.78. The summed E-state index contributed by atoms with van der Waals surface area (Å²) in [7, 11) is 1.46. The van der Waals surface area contributed by atoms with Crippen LogP contribution in [-0.2, 0) is 9.05 Å². The number of hydrogen-bond donors (Lipinski definition) is 1. The third kappa shape index (κ3) is 4.51. The minimum atomic E-state index is -3.75. The molecule has 0 fully saturated rings. The van der Waals surface area contributed by atoms with Crippen molar-refractivity contribution in [3.05, 3.63) is 29.8 Å². The zero-order chi connectivity index (χ0) is 14.6. The van der Waals surface area contributed by atoms with Crippen LogP contribution in [0.4, 0.5) is 0 Å². The maximum Gasteiger partial charge on any atom is 0.261 e. The van der Waals surface area contributed by atoms with Gasteiger partial charge >= 0.3 is 0 Å². The first-order valence-corrected chi connectivity index (χ1v) is 8.42. The molecule has 1 unspecified atom stereocenters. The molecule has 0 heterocycles. The van der Waals surface area contributed by atoms with E-state index in [0.717, 1.165) is 6.42 Å². The molecule has 0 saturated carbocycles. The molecule has 1 rings (SSSR count). The second-order valence-corrected chi connectivity index (χ2v) is 7.26. The van der Waals surface area contributed by atoms with Crippen LogP contribution in [0.25, 0.3) is 0 Å². The zero-order valence-corrected chi connectivity index (χ0v) is 12.8. The summed E-state index contributed by atoms with van der Waals surface area (Å²) >= 11 is 0. The molecular weight excluding hydrogens is 286 g/mol. The van der Waals surface area contributed by atoms with Gasteiger partial charge in [-0.05, 0) is 36.6 Å². The predicted molar refractivity (Wildman–Crippen MR) is 75.9 cm³/mol. The van der Waals surface area contributed by atoms with Crippen molar-refractivity contribution in [2.45, 2.75) is 38.1 Å². The van der Waals surface area contributed by atoms with Crippen LogP contribution in [0.3, 0.4) is 0 Å². The van der Waals surface area contributed by atoms with E-state index in [1.807, 2.05) is 20.8 Å². The highest BCUT2D eigenvalue weighted by Crippen LogP contribution is 2.15. The number of rotatable bonds is 5. The summed E-state index contributed by atoms with van der Waals surface area (Å²) < 4.78 is 22.2. The van der Waals surface area contributed by atoms with E-state index in [1.54, 1.807) is 0 Å². The monoisotopic (exact) mass is 303 g/mol. The summed E-state index contributed by atoms with van der Waals surface area (Å²) in [4.78, 5) is 12.0. The molecule has 0 aliphatic carbocycles. The quantitative estimate of drug-likeness (QED) is 0.851. The first kappa shape index (κ1) is 16.0. The molecule has 0 radical (unpaired) electrons. The van der Waals surface area contributed by atoms with Crippen molar-refractivity contribution >= 4 is 25.6 Å². The smallest absolute Gasteiger partial charge is 0.261 e. The van der Waals surface area contributed by atoms with E-state index in [0.29, 0.717) is 11.5 Å². The van der Waals surface area contributed by atoms with E-state index in [4.69, 9.17) is 10.7 Å². The molecule has 1 atom stereocenters. The van der Waals surface area contributed by atoms with Crippen LogP contribution in [0, 0.1) is 5.92 Å². The molecule has 0 spiro atoms. The Morgan fingerprint density at radius 3 is 2.16 bits per heavy atom. The summed E-state index contributed by atoms with van der Waals surface area (Å²) in [6.45, 7) is 6.09. The summed E-state index contributed by atoms with van der Waals surface area (Å²) in [6, 6.07) is 5.67. The van der Waals surface area contributed by atoms with Crippen molar-refractivity contribution in [1.82, 2.24) is 5.32 Å². The number of hydrogen-bond acceptors (Lipinski definition) is 3. The maximum absolute atomic E-state index is 12.0. The SMILES string of the molecule is CCC(NC(=O)c1ccc(S(=O)(=O)Cl)cc1)C(C)C. The molecule has 1 amide bonds. The molecule has 0 aliphatic rings. The van der Waals surface area contributed by atoms with E-state index >= 15 is 0 Å². The third-order valence-corrected chi connectivity index (χ3v) is 4.33. The van der Waals surface area contributed by atoms with Gasteiger partial charge in [-0.25, -0.2) is 8.42 Å². The average Bonchev–Trinajstić information content (AvgIpc) is 2.34. The first-order valence-electron chi connectivity index (χ1n) is 6.11. The Kier molecular flexibility index (Phi) is 5.38. The van der Waals surface area contributed by atoms with Crippen molar-refractivity contribution in [1.29, 1.82) is 0 Å². The lowest BCUT2D eigenvalue weighted by atomic mass is 10.0. The Balaban J connectivity index is 2.84. The van der Waals surface area contributed by atoms with Crippen molar-refractivity contribution in [2.75, 3.05) is 0 Å². The van der Waals surface area contributed by atoms with Gasteiger partial charge in [0.1, 0.15) is 0 Å². The lowest BCUT2D eigenvalue weighted by molar-refractivity contribution is 0.0924. The Hall–Kier alpha value is -1.07. The molecular formula is C13H18ClNO3S. The molecule has 4 nitrogen and oxygen atoms in total. The lowest BCUT2D eigenvalue weighted by Crippen LogP contribution is -2.37. The molecule has 1 aromatic carbocycles. The minimum Gasteiger partial charge on any atom is -0.349 e. The number of carbonyl (C=O) groups excluding carboxylic acids is 1. The molecule has 0 saturated heterocycles. The Morgan fingerprint density at radius 1 is 1.26 bits per heavy atom. The fourth-order valence-electron chi connectivity index (χ4n) is 1.76. The summed E-state index contributed by atoms with van der Waals surface area (Å²) in [6.07, 6.45) is 0.845. The fourth-order valence-corrected chi connectivity index (χ4v) is 2.53. The van der Waals surface area contributed by atoms with Crippen molar-refractivity contribution in [2.24, 2.45) is 5.92 Å². The van der Waals surface area contributed by atoms with Gasteiger partial charge in [-0.1, -0.05) is 20.8 Å². The molecule has 19 heavy (non-hydrogen) atoms. The molecule has 0 bridgehead atoms. The Labute approximate surface area is 118 Å². The van der Waals surface area contributed by atoms with E-state index in [9.17, 15) is 13.2 Å². The van der Waals surface area contributed by atoms with Crippen molar-refractivity contribution < 1.29 is 13.2 Å². The minimum absolute atomic E-state index is 0.0124. The van der Waals surface area contributed by atoms with Crippen molar-refractivity contribution in [3.63, 3.8) is 0 Å². The zero-order valence-electron chi connectivity index (χ0n) is 11.2. The molecule has 0 aromatic heterocycles. The average molecular weight is 304 g/mol. The van der Waals surface area contributed by atoms with Gasteiger partial charge in [0.2, 0.25) is 0 Å². The lowest BCUT2D eigenvalue weighted by Gasteiger charge is -2.20. The van der Waals surface area contributed by atoms with Gasteiger partial charge in [0, 0.05) is 22.3 Å². The highest BCUT2D eigenvalue weighted by Gasteiger charge is 2.16. The molecule has 1 aromatic rings. The number of halogens is 1. The molecule has 1 N–H and O–H groups in total. The van der Waals surface area contributed by atoms with Crippen LogP contribution in [-0.4, -0.2) is 20.4 Å². The first-order chi connectivity index (χ1) is 8.75. The summed E-state index contributed by atoms with van der Waals surface area (Å²) in [5.74, 6) is 0.135. The van der Waals surface area contributed by atoms with E-state index in [-0.39, 0.29) is 16.8 Å². The van der Waals surface area contributed by atoms with Gasteiger partial charge < -0.3 is 5.32 Å². The maximum atomic E-state index is 12.0. The Morgan fingerprint density at radius 2 is 1.79 bits per heavy atom. The Bertz CT molecular complexity index is 538. The molecule has 6 heteroatoms. The van der Waals surface area contributed by atoms with Gasteiger partial charge in [-0.15, -0.1) is 0 Å². The number of nitrogens with one attached hydrogen (secondary N) is 1.